The van der Waals surface area contributed by atoms with Gasteiger partial charge in [0.2, 0.25) is 5.91 Å². The summed E-state index contributed by atoms with van der Waals surface area (Å²) < 4.78 is 2.78. The van der Waals surface area contributed by atoms with Crippen LogP contribution >= 0.6 is 34.3 Å². The van der Waals surface area contributed by atoms with E-state index in [2.05, 4.69) is 10.1 Å². The van der Waals surface area contributed by atoms with E-state index in [9.17, 15) is 4.79 Å². The van der Waals surface area contributed by atoms with Crippen molar-refractivity contribution in [2.75, 3.05) is 11.4 Å². The van der Waals surface area contributed by atoms with E-state index in [1.807, 2.05) is 52.7 Å². The maximum atomic E-state index is 13.0. The Kier molecular flexibility index (Phi) is 5.01. The summed E-state index contributed by atoms with van der Waals surface area (Å²) in [6.07, 6.45) is 3.98. The summed E-state index contributed by atoms with van der Waals surface area (Å²) in [5, 5.41) is 7.46. The third-order valence-electron chi connectivity index (χ3n) is 3.91. The molecule has 0 bridgehead atoms. The zero-order valence-electron chi connectivity index (χ0n) is 13.7. The number of fused-ring (bicyclic) bond motifs is 1. The Hall–Kier alpha value is -2.22. The number of anilines is 1. The highest BCUT2D eigenvalue weighted by Crippen LogP contribution is 2.33. The maximum absolute atomic E-state index is 13.0. The van der Waals surface area contributed by atoms with Crippen LogP contribution in [-0.4, -0.2) is 27.2 Å². The highest BCUT2D eigenvalue weighted by Gasteiger charge is 2.21. The molecule has 3 heterocycles. The van der Waals surface area contributed by atoms with Gasteiger partial charge in [0.15, 0.2) is 5.13 Å². The lowest BCUT2D eigenvalue weighted by Gasteiger charge is -2.19. The van der Waals surface area contributed by atoms with Crippen molar-refractivity contribution in [3.8, 4) is 0 Å². The van der Waals surface area contributed by atoms with Crippen LogP contribution in [0.2, 0.25) is 5.02 Å². The minimum atomic E-state index is 0.0229. The Morgan fingerprint density at radius 1 is 1.23 bits per heavy atom. The van der Waals surface area contributed by atoms with Gasteiger partial charge in [0, 0.05) is 23.8 Å². The number of nitrogens with zero attached hydrogens (tertiary/aromatic N) is 4. The zero-order chi connectivity index (χ0) is 17.9. The van der Waals surface area contributed by atoms with Gasteiger partial charge in [0.1, 0.15) is 5.52 Å². The molecule has 0 saturated heterocycles. The standard InChI is InChI=1S/C18H15ClN4OS2/c19-14-5-1-6-15-17(14)21-18(26-15)23(10-9-22-8-3-7-20-22)16(24)12-13-4-2-11-25-13/h1-8,11H,9-10,12H2. The number of hydrogen-bond acceptors (Lipinski definition) is 5. The first-order valence-corrected chi connectivity index (χ1v) is 10.1. The predicted molar refractivity (Wildman–Crippen MR) is 107 cm³/mol. The molecule has 1 amide bonds. The smallest absolute Gasteiger partial charge is 0.234 e. The molecular formula is C18H15ClN4OS2. The van der Waals surface area contributed by atoms with Crippen LogP contribution in [0.4, 0.5) is 5.13 Å². The Morgan fingerprint density at radius 3 is 2.88 bits per heavy atom. The number of para-hydroxylation sites is 1. The van der Waals surface area contributed by atoms with E-state index in [1.165, 1.54) is 11.3 Å². The largest absolute Gasteiger partial charge is 0.286 e. The van der Waals surface area contributed by atoms with Gasteiger partial charge >= 0.3 is 0 Å². The van der Waals surface area contributed by atoms with Gasteiger partial charge in [-0.25, -0.2) is 4.98 Å². The number of halogens is 1. The van der Waals surface area contributed by atoms with E-state index in [0.29, 0.717) is 29.7 Å². The molecule has 0 unspecified atom stereocenters. The van der Waals surface area contributed by atoms with Gasteiger partial charge in [-0.1, -0.05) is 35.1 Å². The number of carbonyl (C=O) groups excluding carboxylic acids is 1. The fourth-order valence-electron chi connectivity index (χ4n) is 2.64. The second kappa shape index (κ2) is 7.57. The van der Waals surface area contributed by atoms with Crippen molar-refractivity contribution in [1.82, 2.24) is 14.8 Å². The fourth-order valence-corrected chi connectivity index (χ4v) is 4.64. The molecule has 26 heavy (non-hydrogen) atoms. The molecular weight excluding hydrogens is 388 g/mol. The van der Waals surface area contributed by atoms with Crippen molar-refractivity contribution in [3.05, 3.63) is 64.1 Å². The van der Waals surface area contributed by atoms with E-state index in [4.69, 9.17) is 11.6 Å². The number of aromatic nitrogens is 3. The topological polar surface area (TPSA) is 51.0 Å². The summed E-state index contributed by atoms with van der Waals surface area (Å²) in [6, 6.07) is 11.5. The average Bonchev–Trinajstić information content (AvgIpc) is 3.37. The van der Waals surface area contributed by atoms with Gasteiger partial charge in [0.05, 0.1) is 22.7 Å². The molecule has 0 spiro atoms. The summed E-state index contributed by atoms with van der Waals surface area (Å²) >= 11 is 9.32. The van der Waals surface area contributed by atoms with Crippen molar-refractivity contribution in [2.24, 2.45) is 0 Å². The molecule has 0 aliphatic rings. The molecule has 0 saturated carbocycles. The number of rotatable bonds is 6. The molecule has 3 aromatic heterocycles. The number of thiazole rings is 1. The second-order valence-electron chi connectivity index (χ2n) is 5.65. The minimum absolute atomic E-state index is 0.0229. The van der Waals surface area contributed by atoms with Crippen molar-refractivity contribution in [2.45, 2.75) is 13.0 Å². The summed E-state index contributed by atoms with van der Waals surface area (Å²) in [5.41, 5.74) is 0.738. The van der Waals surface area contributed by atoms with Gasteiger partial charge in [-0.2, -0.15) is 5.10 Å². The molecule has 0 N–H and O–H groups in total. The average molecular weight is 403 g/mol. The number of carbonyl (C=O) groups is 1. The highest BCUT2D eigenvalue weighted by molar-refractivity contribution is 7.22. The number of benzene rings is 1. The van der Waals surface area contributed by atoms with E-state index in [1.54, 1.807) is 22.4 Å². The Bertz CT molecular complexity index is 1010. The van der Waals surface area contributed by atoms with E-state index in [0.717, 1.165) is 15.1 Å². The molecule has 132 valence electrons. The van der Waals surface area contributed by atoms with Gasteiger partial charge in [-0.3, -0.25) is 14.4 Å². The van der Waals surface area contributed by atoms with Crippen LogP contribution in [0, 0.1) is 0 Å². The van der Waals surface area contributed by atoms with Crippen LogP contribution in [0.25, 0.3) is 10.2 Å². The molecule has 1 aromatic carbocycles. The quantitative estimate of drug-likeness (QED) is 0.477. The normalized spacial score (nSPS) is 11.1. The monoisotopic (exact) mass is 402 g/mol. The summed E-state index contributed by atoms with van der Waals surface area (Å²) in [4.78, 5) is 20.4. The van der Waals surface area contributed by atoms with Crippen molar-refractivity contribution in [1.29, 1.82) is 0 Å². The lowest BCUT2D eigenvalue weighted by Crippen LogP contribution is -2.35. The lowest BCUT2D eigenvalue weighted by molar-refractivity contribution is -0.118. The summed E-state index contributed by atoms with van der Waals surface area (Å²) in [7, 11) is 0. The summed E-state index contributed by atoms with van der Waals surface area (Å²) in [5.74, 6) is 0.0229. The Balaban J connectivity index is 1.63. The third-order valence-corrected chi connectivity index (χ3v) is 6.13. The molecule has 8 heteroatoms. The number of hydrogen-bond donors (Lipinski definition) is 0. The molecule has 0 aliphatic heterocycles. The first kappa shape index (κ1) is 17.2. The molecule has 4 aromatic rings. The van der Waals surface area contributed by atoms with Crippen LogP contribution in [0.3, 0.4) is 0 Å². The first-order valence-electron chi connectivity index (χ1n) is 8.06. The van der Waals surface area contributed by atoms with Crippen molar-refractivity contribution >= 4 is 55.5 Å². The van der Waals surface area contributed by atoms with Crippen molar-refractivity contribution in [3.63, 3.8) is 0 Å². The first-order chi connectivity index (χ1) is 12.7. The zero-order valence-corrected chi connectivity index (χ0v) is 16.1. The predicted octanol–water partition coefficient (Wildman–Crippen LogP) is 4.48. The SMILES string of the molecule is O=C(Cc1cccs1)N(CCn1cccn1)c1nc2c(Cl)cccc2s1. The Labute approximate surface area is 163 Å². The minimum Gasteiger partial charge on any atom is -0.286 e. The van der Waals surface area contributed by atoms with E-state index in [-0.39, 0.29) is 5.91 Å². The van der Waals surface area contributed by atoms with Gasteiger partial charge in [-0.15, -0.1) is 11.3 Å². The van der Waals surface area contributed by atoms with Gasteiger partial charge < -0.3 is 0 Å². The molecule has 0 radical (unpaired) electrons. The Morgan fingerprint density at radius 2 is 2.15 bits per heavy atom. The van der Waals surface area contributed by atoms with Crippen LogP contribution in [0.1, 0.15) is 4.88 Å². The maximum Gasteiger partial charge on any atom is 0.234 e. The molecule has 0 fully saturated rings. The van der Waals surface area contributed by atoms with E-state index >= 15 is 0 Å². The van der Waals surface area contributed by atoms with Crippen LogP contribution < -0.4 is 4.90 Å². The van der Waals surface area contributed by atoms with Crippen LogP contribution in [0.15, 0.2) is 54.2 Å². The van der Waals surface area contributed by atoms with Gasteiger partial charge in [-0.05, 0) is 29.6 Å². The molecule has 4 rings (SSSR count). The molecule has 0 aliphatic carbocycles. The molecule has 0 atom stereocenters. The highest BCUT2D eigenvalue weighted by atomic mass is 35.5. The fraction of sp³-hybridized carbons (Fsp3) is 0.167. The second-order valence-corrected chi connectivity index (χ2v) is 8.10. The number of thiophene rings is 1. The lowest BCUT2D eigenvalue weighted by atomic mass is 10.3. The number of amides is 1. The van der Waals surface area contributed by atoms with Crippen LogP contribution in [-0.2, 0) is 17.8 Å². The van der Waals surface area contributed by atoms with Crippen LogP contribution in [0.5, 0.6) is 0 Å². The molecule has 5 nitrogen and oxygen atoms in total. The van der Waals surface area contributed by atoms with E-state index < -0.39 is 0 Å². The third kappa shape index (κ3) is 3.65. The van der Waals surface area contributed by atoms with Crippen molar-refractivity contribution < 1.29 is 4.79 Å². The summed E-state index contributed by atoms with van der Waals surface area (Å²) in [6.45, 7) is 1.11. The van der Waals surface area contributed by atoms with Gasteiger partial charge in [0.25, 0.3) is 0 Å².